The quantitative estimate of drug-likeness (QED) is 0.380. The molecule has 0 amide bonds. The highest BCUT2D eigenvalue weighted by Crippen LogP contribution is 1.33. The van der Waals surface area contributed by atoms with E-state index >= 15 is 0 Å². The monoisotopic (exact) mass is 62.0 g/mol. The van der Waals surface area contributed by atoms with Crippen LogP contribution in [0.15, 0.2) is 0 Å². The molecule has 0 atom stereocenters. The summed E-state index contributed by atoms with van der Waals surface area (Å²) < 4.78 is 0. The predicted octanol–water partition coefficient (Wildman–Crippen LogP) is -1.06. The molecule has 0 aliphatic heterocycles. The van der Waals surface area contributed by atoms with Gasteiger partial charge in [-0.15, -0.1) is 0 Å². The van der Waals surface area contributed by atoms with Gasteiger partial charge in [-0.3, -0.25) is 0 Å². The van der Waals surface area contributed by atoms with Crippen molar-refractivity contribution < 1.29 is 5.11 Å². The molecule has 0 aromatic carbocycles. The van der Waals surface area contributed by atoms with Gasteiger partial charge >= 0.3 is 0 Å². The molecule has 0 unspecified atom stereocenters. The fourth-order valence-electron chi connectivity index (χ4n) is 0. The molecule has 0 aliphatic carbocycles. The average Bonchev–Trinajstić information content (AvgIpc) is 1.37. The third-order valence-electron chi connectivity index (χ3n) is 0.129. The van der Waals surface area contributed by atoms with Crippen LogP contribution in [0, 0.1) is 0 Å². The molecule has 3 N–H and O–H groups in total. The summed E-state index contributed by atoms with van der Waals surface area (Å²) in [6.45, 7) is 0.472. The van der Waals surface area contributed by atoms with Gasteiger partial charge < -0.3 is 10.8 Å². The van der Waals surface area contributed by atoms with Crippen LogP contribution in [0.4, 0.5) is 0 Å². The lowest BCUT2D eigenvalue weighted by Gasteiger charge is -1.71. The zero-order valence-electron chi connectivity index (χ0n) is 2.44. The largest absolute Gasteiger partial charge is 0.395 e. The van der Waals surface area contributed by atoms with E-state index in [2.05, 4.69) is 0 Å². The number of hydrogen-bond donors (Lipinski definition) is 2. The Morgan fingerprint density at radius 1 is 1.75 bits per heavy atom. The minimum atomic E-state index is 0.0972. The third-order valence-corrected chi connectivity index (χ3v) is 0.129. The summed E-state index contributed by atoms with van der Waals surface area (Å²) >= 11 is 0. The molecular weight excluding hydrogens is 55.0 g/mol. The Kier molecular flexibility index (Phi) is 2.86. The first-order valence-electron chi connectivity index (χ1n) is 1.22. The lowest BCUT2D eigenvalue weighted by molar-refractivity contribution is 0.306. The molecule has 4 heavy (non-hydrogen) atoms. The normalized spacial score (nSPS) is 7.50. The first-order valence-corrected chi connectivity index (χ1v) is 1.22. The molecule has 2 nitrogen and oxygen atoms in total. The minimum absolute atomic E-state index is 0.0972. The first kappa shape index (κ1) is 3.92. The van der Waals surface area contributed by atoms with Gasteiger partial charge in [0.25, 0.3) is 0 Å². The zero-order chi connectivity index (χ0) is 3.41. The second kappa shape index (κ2) is 2.92. The van der Waals surface area contributed by atoms with Crippen LogP contribution in [-0.4, -0.2) is 18.3 Å². The molecule has 0 bridgehead atoms. The predicted molar refractivity (Wildman–Crippen MR) is 16.1 cm³/mol. The van der Waals surface area contributed by atoms with Crippen molar-refractivity contribution >= 4 is 0 Å². The highest BCUT2D eigenvalue weighted by atomic mass is 16.3. The third kappa shape index (κ3) is 1.92. The van der Waals surface area contributed by atoms with E-state index in [0.717, 1.165) is 0 Å². The van der Waals surface area contributed by atoms with Crippen LogP contribution in [0.2, 0.25) is 0 Å². The van der Waals surface area contributed by atoms with Gasteiger partial charge in [-0.2, -0.15) is 0 Å². The smallest absolute Gasteiger partial charge is 0.0553 e. The number of hydrogen-bond acceptors (Lipinski definition) is 2. The molecule has 0 rings (SSSR count). The van der Waals surface area contributed by atoms with Crippen molar-refractivity contribution in [3.63, 3.8) is 0 Å². The molecule has 0 fully saturated rings. The Labute approximate surface area is 25.2 Å². The SMILES string of the molecule is [15NH2]CCO. The summed E-state index contributed by atoms with van der Waals surface area (Å²) in [4.78, 5) is 0. The molecule has 0 aromatic rings. The van der Waals surface area contributed by atoms with E-state index in [1.165, 1.54) is 0 Å². The van der Waals surface area contributed by atoms with E-state index < -0.39 is 0 Å². The molecule has 0 spiro atoms. The fraction of sp³-hybridized carbons (Fsp3) is 1.00. The van der Waals surface area contributed by atoms with Gasteiger partial charge in [-0.25, -0.2) is 0 Å². The van der Waals surface area contributed by atoms with Crippen molar-refractivity contribution in [1.82, 2.24) is 0 Å². The van der Waals surface area contributed by atoms with Crippen molar-refractivity contribution in [2.24, 2.45) is 5.73 Å². The highest BCUT2D eigenvalue weighted by Gasteiger charge is 1.56. The minimum Gasteiger partial charge on any atom is -0.395 e. The maximum Gasteiger partial charge on any atom is 0.0553 e. The Morgan fingerprint density at radius 3 is 2.00 bits per heavy atom. The summed E-state index contributed by atoms with van der Waals surface area (Å²) in [6, 6.07) is 0. The molecule has 0 saturated carbocycles. The fourth-order valence-corrected chi connectivity index (χ4v) is 0. The second-order valence-corrected chi connectivity index (χ2v) is 0.512. The summed E-state index contributed by atoms with van der Waals surface area (Å²) in [5.74, 6) is 0. The van der Waals surface area contributed by atoms with Gasteiger partial charge in [0.05, 0.1) is 6.61 Å². The van der Waals surface area contributed by atoms with Crippen LogP contribution >= 0.6 is 0 Å². The molecule has 0 aliphatic rings. The van der Waals surface area contributed by atoms with Gasteiger partial charge in [-0.05, 0) is 0 Å². The number of nitrogens with two attached hydrogens (primary N) is 1. The van der Waals surface area contributed by atoms with Crippen LogP contribution in [0.25, 0.3) is 0 Å². The maximum atomic E-state index is 7.75. The molecule has 0 radical (unpaired) electrons. The van der Waals surface area contributed by atoms with E-state index in [9.17, 15) is 0 Å². The Hall–Kier alpha value is -0.0800. The van der Waals surface area contributed by atoms with Crippen molar-refractivity contribution in [1.29, 1.82) is 0 Å². The van der Waals surface area contributed by atoms with Crippen molar-refractivity contribution in [2.75, 3.05) is 13.2 Å². The van der Waals surface area contributed by atoms with Gasteiger partial charge in [0.1, 0.15) is 0 Å². The van der Waals surface area contributed by atoms with E-state index in [-0.39, 0.29) is 6.61 Å². The van der Waals surface area contributed by atoms with Gasteiger partial charge in [0.2, 0.25) is 0 Å². The van der Waals surface area contributed by atoms with Crippen LogP contribution in [-0.2, 0) is 0 Å². The molecular formula is C2H7NO. The molecule has 0 saturated heterocycles. The van der Waals surface area contributed by atoms with Crippen LogP contribution < -0.4 is 5.73 Å². The number of aliphatic hydroxyl groups is 1. The lowest BCUT2D eigenvalue weighted by Crippen LogP contribution is -2.02. The van der Waals surface area contributed by atoms with E-state index in [4.69, 9.17) is 10.8 Å². The number of rotatable bonds is 1. The molecule has 2 heteroatoms. The topological polar surface area (TPSA) is 46.2 Å². The molecule has 0 aromatic heterocycles. The lowest BCUT2D eigenvalue weighted by atomic mass is 10.8. The molecule has 26 valence electrons. The Bertz CT molecular complexity index is 8.00. The standard InChI is InChI=1S/C2H7NO/c3-1-2-4/h4H,1-3H2/i3+1. The average molecular weight is 62.1 g/mol. The summed E-state index contributed by atoms with van der Waals surface area (Å²) in [5, 5.41) is 7.75. The molecule has 0 heterocycles. The van der Waals surface area contributed by atoms with Gasteiger partial charge in [-0.1, -0.05) is 0 Å². The summed E-state index contributed by atoms with van der Waals surface area (Å²) in [6.07, 6.45) is 0. The van der Waals surface area contributed by atoms with Crippen molar-refractivity contribution in [2.45, 2.75) is 0 Å². The van der Waals surface area contributed by atoms with Crippen LogP contribution in [0.1, 0.15) is 0 Å². The summed E-state index contributed by atoms with van der Waals surface area (Å²) in [7, 11) is 0. The second-order valence-electron chi connectivity index (χ2n) is 0.512. The van der Waals surface area contributed by atoms with E-state index in [1.807, 2.05) is 0 Å². The Balaban J connectivity index is 1.97. The van der Waals surface area contributed by atoms with Gasteiger partial charge in [0.15, 0.2) is 0 Å². The Morgan fingerprint density at radius 2 is 2.00 bits per heavy atom. The zero-order valence-corrected chi connectivity index (χ0v) is 2.44. The van der Waals surface area contributed by atoms with Crippen molar-refractivity contribution in [3.8, 4) is 0 Å². The van der Waals surface area contributed by atoms with Gasteiger partial charge in [0, 0.05) is 6.54 Å². The highest BCUT2D eigenvalue weighted by molar-refractivity contribution is 4.17. The number of aliphatic hydroxyl groups excluding tert-OH is 1. The van der Waals surface area contributed by atoms with Crippen LogP contribution in [0.5, 0.6) is 0 Å². The first-order chi connectivity index (χ1) is 1.91. The van der Waals surface area contributed by atoms with Crippen LogP contribution in [0.3, 0.4) is 0 Å². The maximum absolute atomic E-state index is 7.75. The van der Waals surface area contributed by atoms with E-state index in [1.54, 1.807) is 0 Å². The summed E-state index contributed by atoms with van der Waals surface area (Å²) in [5.41, 5.74) is 4.78. The van der Waals surface area contributed by atoms with E-state index in [0.29, 0.717) is 6.54 Å². The van der Waals surface area contributed by atoms with Crippen molar-refractivity contribution in [3.05, 3.63) is 0 Å².